The number of hydrogen-bond acceptors (Lipinski definition) is 3. The van der Waals surface area contributed by atoms with Crippen molar-refractivity contribution in [2.24, 2.45) is 11.8 Å². The summed E-state index contributed by atoms with van der Waals surface area (Å²) in [6, 6.07) is 12.5. The zero-order chi connectivity index (χ0) is 20.3. The van der Waals surface area contributed by atoms with Crippen molar-refractivity contribution in [3.63, 3.8) is 0 Å². The number of phenolic OH excluding ortho intramolecular Hbond substituents is 1. The smallest absolute Gasteiger partial charge is 0.128 e. The van der Waals surface area contributed by atoms with Crippen molar-refractivity contribution in [1.29, 1.82) is 0 Å². The first-order chi connectivity index (χ1) is 14.1. The van der Waals surface area contributed by atoms with Crippen molar-refractivity contribution in [1.82, 2.24) is 0 Å². The molecule has 0 aromatic heterocycles. The molecule has 0 unspecified atom stereocenters. The van der Waals surface area contributed by atoms with E-state index in [1.807, 2.05) is 24.3 Å². The lowest BCUT2D eigenvalue weighted by molar-refractivity contribution is -0.100. The fraction of sp³-hybridized carbons (Fsp3) is 0.520. The van der Waals surface area contributed by atoms with Gasteiger partial charge in [0.05, 0.1) is 5.60 Å². The van der Waals surface area contributed by atoms with Crippen molar-refractivity contribution >= 4 is 11.6 Å². The molecule has 4 rings (SSSR count). The van der Waals surface area contributed by atoms with E-state index < -0.39 is 5.60 Å². The van der Waals surface area contributed by atoms with Crippen LogP contribution in [0.4, 0.5) is 0 Å². The van der Waals surface area contributed by atoms with Crippen molar-refractivity contribution in [3.8, 4) is 17.2 Å². The second-order valence-corrected chi connectivity index (χ2v) is 9.17. The van der Waals surface area contributed by atoms with Crippen LogP contribution in [0.1, 0.15) is 69.8 Å². The van der Waals surface area contributed by atoms with Gasteiger partial charge in [0.15, 0.2) is 0 Å². The fourth-order valence-electron chi connectivity index (χ4n) is 5.42. The summed E-state index contributed by atoms with van der Waals surface area (Å²) in [5.41, 5.74) is -0.366. The number of phenols is 1. The van der Waals surface area contributed by atoms with Crippen LogP contribution in [0.2, 0.25) is 5.02 Å². The van der Waals surface area contributed by atoms with E-state index >= 15 is 0 Å². The molecule has 0 heterocycles. The van der Waals surface area contributed by atoms with E-state index in [1.54, 1.807) is 18.2 Å². The molecule has 156 valence electrons. The van der Waals surface area contributed by atoms with Crippen LogP contribution in [-0.4, -0.2) is 10.2 Å². The number of halogens is 1. The van der Waals surface area contributed by atoms with Crippen LogP contribution in [0.5, 0.6) is 17.2 Å². The highest BCUT2D eigenvalue weighted by molar-refractivity contribution is 6.30. The van der Waals surface area contributed by atoms with Gasteiger partial charge in [-0.2, -0.15) is 0 Å². The Balaban J connectivity index is 1.71. The Morgan fingerprint density at radius 1 is 0.793 bits per heavy atom. The van der Waals surface area contributed by atoms with Gasteiger partial charge in [-0.15, -0.1) is 0 Å². The topological polar surface area (TPSA) is 49.7 Å². The number of rotatable bonds is 5. The van der Waals surface area contributed by atoms with E-state index in [0.29, 0.717) is 22.1 Å². The highest BCUT2D eigenvalue weighted by Crippen LogP contribution is 2.51. The molecule has 4 heteroatoms. The Hall–Kier alpha value is -1.71. The van der Waals surface area contributed by atoms with E-state index in [-0.39, 0.29) is 17.6 Å². The number of aliphatic hydroxyl groups is 1. The van der Waals surface area contributed by atoms with Gasteiger partial charge in [0.25, 0.3) is 0 Å². The van der Waals surface area contributed by atoms with Crippen LogP contribution < -0.4 is 4.74 Å². The van der Waals surface area contributed by atoms with Gasteiger partial charge < -0.3 is 14.9 Å². The Morgan fingerprint density at radius 3 is 1.97 bits per heavy atom. The Labute approximate surface area is 178 Å². The SMILES string of the molecule is Oc1ccc(Oc2cccc(Cl)c2)cc1C(O)(C1CCCCC1)C1CCCCC1. The summed E-state index contributed by atoms with van der Waals surface area (Å²) >= 11 is 6.08. The average Bonchev–Trinajstić information content (AvgIpc) is 2.76. The zero-order valence-electron chi connectivity index (χ0n) is 16.9. The molecule has 0 radical (unpaired) electrons. The largest absolute Gasteiger partial charge is 0.508 e. The summed E-state index contributed by atoms with van der Waals surface area (Å²) < 4.78 is 6.02. The Bertz CT molecular complexity index is 805. The van der Waals surface area contributed by atoms with E-state index in [1.165, 1.54) is 12.8 Å². The number of ether oxygens (including phenoxy) is 1. The maximum atomic E-state index is 12.2. The van der Waals surface area contributed by atoms with E-state index in [4.69, 9.17) is 16.3 Å². The lowest BCUT2D eigenvalue weighted by Gasteiger charge is -2.46. The Kier molecular flexibility index (Phi) is 6.36. The molecule has 2 saturated carbocycles. The average molecular weight is 415 g/mol. The minimum absolute atomic E-state index is 0.169. The molecule has 2 fully saturated rings. The fourth-order valence-corrected chi connectivity index (χ4v) is 5.60. The molecule has 2 aliphatic carbocycles. The number of benzene rings is 2. The summed E-state index contributed by atoms with van der Waals surface area (Å²) in [4.78, 5) is 0. The lowest BCUT2D eigenvalue weighted by Crippen LogP contribution is -2.44. The van der Waals surface area contributed by atoms with E-state index in [2.05, 4.69) is 0 Å². The van der Waals surface area contributed by atoms with E-state index in [0.717, 1.165) is 51.4 Å². The maximum absolute atomic E-state index is 12.2. The lowest BCUT2D eigenvalue weighted by atomic mass is 9.63. The van der Waals surface area contributed by atoms with Gasteiger partial charge in [0, 0.05) is 10.6 Å². The monoisotopic (exact) mass is 414 g/mol. The first kappa shape index (κ1) is 20.6. The summed E-state index contributed by atoms with van der Waals surface area (Å²) in [7, 11) is 0. The minimum Gasteiger partial charge on any atom is -0.508 e. The quantitative estimate of drug-likeness (QED) is 0.544. The molecule has 0 spiro atoms. The third-order valence-electron chi connectivity index (χ3n) is 6.89. The summed E-state index contributed by atoms with van der Waals surface area (Å²) in [5.74, 6) is 1.80. The van der Waals surface area contributed by atoms with Crippen LogP contribution in [0, 0.1) is 11.8 Å². The summed E-state index contributed by atoms with van der Waals surface area (Å²) in [6.45, 7) is 0. The summed E-state index contributed by atoms with van der Waals surface area (Å²) in [6.07, 6.45) is 11.2. The van der Waals surface area contributed by atoms with Gasteiger partial charge in [0.2, 0.25) is 0 Å². The molecule has 2 aromatic carbocycles. The minimum atomic E-state index is -1.00. The molecule has 3 nitrogen and oxygen atoms in total. The first-order valence-corrected chi connectivity index (χ1v) is 11.4. The van der Waals surface area contributed by atoms with Gasteiger partial charge in [-0.25, -0.2) is 0 Å². The van der Waals surface area contributed by atoms with Gasteiger partial charge in [-0.05, 0) is 73.9 Å². The second-order valence-electron chi connectivity index (χ2n) is 8.73. The highest BCUT2D eigenvalue weighted by Gasteiger charge is 2.47. The molecule has 0 bridgehead atoms. The standard InChI is InChI=1S/C25H31ClO3/c26-20-12-7-13-21(16-20)29-22-14-15-24(27)23(17-22)25(28,18-8-3-1-4-9-18)19-10-5-2-6-11-19/h7,12-19,27-28H,1-6,8-11H2. The molecule has 29 heavy (non-hydrogen) atoms. The van der Waals surface area contributed by atoms with Gasteiger partial charge in [0.1, 0.15) is 17.2 Å². The zero-order valence-corrected chi connectivity index (χ0v) is 17.7. The third-order valence-corrected chi connectivity index (χ3v) is 7.12. The van der Waals surface area contributed by atoms with Crippen LogP contribution in [0.25, 0.3) is 0 Å². The second kappa shape index (κ2) is 8.97. The molecular formula is C25H31ClO3. The highest BCUT2D eigenvalue weighted by atomic mass is 35.5. The molecular weight excluding hydrogens is 384 g/mol. The van der Waals surface area contributed by atoms with Crippen LogP contribution in [0.15, 0.2) is 42.5 Å². The molecule has 0 atom stereocenters. The molecule has 2 aliphatic rings. The van der Waals surface area contributed by atoms with Crippen molar-refractivity contribution in [2.75, 3.05) is 0 Å². The van der Waals surface area contributed by atoms with Gasteiger partial charge in [-0.1, -0.05) is 56.2 Å². The molecule has 0 amide bonds. The van der Waals surface area contributed by atoms with Crippen molar-refractivity contribution in [3.05, 3.63) is 53.1 Å². The van der Waals surface area contributed by atoms with Crippen LogP contribution >= 0.6 is 11.6 Å². The Morgan fingerprint density at radius 2 is 1.38 bits per heavy atom. The predicted molar refractivity (Wildman–Crippen MR) is 117 cm³/mol. The van der Waals surface area contributed by atoms with Crippen molar-refractivity contribution < 1.29 is 14.9 Å². The number of hydrogen-bond donors (Lipinski definition) is 2. The van der Waals surface area contributed by atoms with Crippen LogP contribution in [0.3, 0.4) is 0 Å². The molecule has 0 aliphatic heterocycles. The number of aromatic hydroxyl groups is 1. The molecule has 0 saturated heterocycles. The molecule has 2 aromatic rings. The predicted octanol–water partition coefficient (Wildman–Crippen LogP) is 7.19. The normalized spacial score (nSPS) is 19.2. The van der Waals surface area contributed by atoms with Gasteiger partial charge >= 0.3 is 0 Å². The first-order valence-electron chi connectivity index (χ1n) is 11.1. The van der Waals surface area contributed by atoms with E-state index in [9.17, 15) is 10.2 Å². The maximum Gasteiger partial charge on any atom is 0.128 e. The van der Waals surface area contributed by atoms with Gasteiger partial charge in [-0.3, -0.25) is 0 Å². The third kappa shape index (κ3) is 4.41. The van der Waals surface area contributed by atoms with Crippen LogP contribution in [-0.2, 0) is 5.60 Å². The summed E-state index contributed by atoms with van der Waals surface area (Å²) in [5, 5.41) is 23.6. The molecule has 2 N–H and O–H groups in total. The van der Waals surface area contributed by atoms with Crippen molar-refractivity contribution in [2.45, 2.75) is 69.8 Å².